The zero-order valence-electron chi connectivity index (χ0n) is 8.63. The van der Waals surface area contributed by atoms with Gasteiger partial charge in [-0.05, 0) is 43.4 Å². The fourth-order valence-electron chi connectivity index (χ4n) is 3.59. The first-order valence-corrected chi connectivity index (χ1v) is 6.16. The molecule has 74 valence electrons. The third kappa shape index (κ3) is 1.24. The molecule has 1 N–H and O–H groups in total. The first-order chi connectivity index (χ1) is 6.40. The molecule has 13 heavy (non-hydrogen) atoms. The monoisotopic (exact) mass is 179 g/mol. The summed E-state index contributed by atoms with van der Waals surface area (Å²) < 4.78 is 0. The topological polar surface area (TPSA) is 12.0 Å². The summed E-state index contributed by atoms with van der Waals surface area (Å²) in [6, 6.07) is 1.86. The Morgan fingerprint density at radius 3 is 2.38 bits per heavy atom. The minimum Gasteiger partial charge on any atom is -0.310 e. The van der Waals surface area contributed by atoms with Crippen LogP contribution in [0.1, 0.15) is 45.4 Å². The fourth-order valence-corrected chi connectivity index (χ4v) is 3.59. The van der Waals surface area contributed by atoms with Gasteiger partial charge in [-0.25, -0.2) is 0 Å². The molecule has 0 spiro atoms. The van der Waals surface area contributed by atoms with Crippen molar-refractivity contribution in [3.8, 4) is 0 Å². The Hall–Kier alpha value is -0.0400. The molecule has 0 aromatic heterocycles. The number of hydrogen-bond acceptors (Lipinski definition) is 1. The van der Waals surface area contributed by atoms with Crippen LogP contribution in [0.4, 0.5) is 0 Å². The van der Waals surface area contributed by atoms with Gasteiger partial charge in [-0.15, -0.1) is 0 Å². The predicted molar refractivity (Wildman–Crippen MR) is 54.6 cm³/mol. The summed E-state index contributed by atoms with van der Waals surface area (Å²) >= 11 is 0. The molecule has 3 rings (SSSR count). The maximum atomic E-state index is 3.89. The highest BCUT2D eigenvalue weighted by molar-refractivity contribution is 5.08. The van der Waals surface area contributed by atoms with Crippen LogP contribution in [0.2, 0.25) is 0 Å². The Morgan fingerprint density at radius 1 is 1.08 bits per heavy atom. The molecule has 3 saturated carbocycles. The van der Waals surface area contributed by atoms with Gasteiger partial charge in [-0.3, -0.25) is 0 Å². The summed E-state index contributed by atoms with van der Waals surface area (Å²) in [5.74, 6) is 3.21. The van der Waals surface area contributed by atoms with Crippen LogP contribution < -0.4 is 5.32 Å². The minimum atomic E-state index is 0.903. The second kappa shape index (κ2) is 2.98. The van der Waals surface area contributed by atoms with E-state index in [2.05, 4.69) is 12.2 Å². The third-order valence-corrected chi connectivity index (χ3v) is 4.75. The first kappa shape index (κ1) is 8.28. The molecule has 0 aromatic rings. The average molecular weight is 179 g/mol. The summed E-state index contributed by atoms with van der Waals surface area (Å²) in [5.41, 5.74) is 0. The van der Waals surface area contributed by atoms with Crippen molar-refractivity contribution >= 4 is 0 Å². The zero-order valence-corrected chi connectivity index (χ0v) is 8.63. The molecule has 0 bridgehead atoms. The van der Waals surface area contributed by atoms with Crippen LogP contribution >= 0.6 is 0 Å². The van der Waals surface area contributed by atoms with Crippen molar-refractivity contribution in [2.75, 3.05) is 0 Å². The lowest BCUT2D eigenvalue weighted by molar-refractivity contribution is 0.196. The van der Waals surface area contributed by atoms with Crippen LogP contribution in [0.15, 0.2) is 0 Å². The lowest BCUT2D eigenvalue weighted by Gasteiger charge is -2.37. The van der Waals surface area contributed by atoms with E-state index in [0.29, 0.717) is 0 Å². The quantitative estimate of drug-likeness (QED) is 0.702. The molecular weight excluding hydrogens is 158 g/mol. The van der Waals surface area contributed by atoms with E-state index >= 15 is 0 Å². The lowest BCUT2D eigenvalue weighted by atomic mass is 9.78. The molecule has 3 aliphatic rings. The molecule has 0 aromatic carbocycles. The van der Waals surface area contributed by atoms with Crippen molar-refractivity contribution in [1.29, 1.82) is 0 Å². The highest BCUT2D eigenvalue weighted by Crippen LogP contribution is 2.52. The van der Waals surface area contributed by atoms with E-state index in [1.54, 1.807) is 0 Å². The van der Waals surface area contributed by atoms with Crippen LogP contribution in [0.3, 0.4) is 0 Å². The first-order valence-electron chi connectivity index (χ1n) is 6.16. The fraction of sp³-hybridized carbons (Fsp3) is 1.00. The van der Waals surface area contributed by atoms with Gasteiger partial charge in [-0.1, -0.05) is 19.8 Å². The molecule has 1 nitrogen and oxygen atoms in total. The molecule has 1 heteroatoms. The number of nitrogens with one attached hydrogen (secondary N) is 1. The molecule has 0 amide bonds. The van der Waals surface area contributed by atoms with Crippen molar-refractivity contribution < 1.29 is 0 Å². The third-order valence-electron chi connectivity index (χ3n) is 4.75. The Balaban J connectivity index is 1.49. The zero-order chi connectivity index (χ0) is 8.84. The summed E-state index contributed by atoms with van der Waals surface area (Å²) in [6.07, 6.45) is 8.87. The average Bonchev–Trinajstić information content (AvgIpc) is 2.57. The van der Waals surface area contributed by atoms with Gasteiger partial charge >= 0.3 is 0 Å². The van der Waals surface area contributed by atoms with Crippen molar-refractivity contribution in [2.45, 2.75) is 57.5 Å². The Bertz CT molecular complexity index is 187. The van der Waals surface area contributed by atoms with Crippen molar-refractivity contribution in [2.24, 2.45) is 17.8 Å². The van der Waals surface area contributed by atoms with Gasteiger partial charge < -0.3 is 5.32 Å². The van der Waals surface area contributed by atoms with Gasteiger partial charge in [0.25, 0.3) is 0 Å². The van der Waals surface area contributed by atoms with E-state index in [1.807, 2.05) is 0 Å². The van der Waals surface area contributed by atoms with Crippen LogP contribution in [0.25, 0.3) is 0 Å². The maximum absolute atomic E-state index is 3.89. The summed E-state index contributed by atoms with van der Waals surface area (Å²) in [4.78, 5) is 0. The molecule has 0 aliphatic heterocycles. The second-order valence-corrected chi connectivity index (χ2v) is 5.30. The number of hydrogen-bond donors (Lipinski definition) is 1. The van der Waals surface area contributed by atoms with Crippen LogP contribution in [0.5, 0.6) is 0 Å². The van der Waals surface area contributed by atoms with Crippen LogP contribution in [-0.4, -0.2) is 12.1 Å². The molecule has 0 heterocycles. The molecule has 4 atom stereocenters. The molecule has 3 fully saturated rings. The standard InChI is InChI=1S/C12H21N/c1-2-8-6-7-11(8)13-12-9-4-3-5-10(9)12/h8-13H,2-7H2,1H3. The van der Waals surface area contributed by atoms with E-state index in [4.69, 9.17) is 0 Å². The van der Waals surface area contributed by atoms with E-state index in [0.717, 1.165) is 29.8 Å². The molecule has 0 saturated heterocycles. The molecular formula is C12H21N. The molecule has 3 aliphatic carbocycles. The highest BCUT2D eigenvalue weighted by Gasteiger charge is 2.53. The summed E-state index contributed by atoms with van der Waals surface area (Å²) in [5, 5.41) is 3.89. The summed E-state index contributed by atoms with van der Waals surface area (Å²) in [6.45, 7) is 2.34. The smallest absolute Gasteiger partial charge is 0.0133 e. The Morgan fingerprint density at radius 2 is 1.85 bits per heavy atom. The Kier molecular flexibility index (Phi) is 1.90. The highest BCUT2D eigenvalue weighted by atomic mass is 15.0. The normalized spacial score (nSPS) is 52.8. The van der Waals surface area contributed by atoms with Gasteiger partial charge in [0, 0.05) is 12.1 Å². The number of rotatable bonds is 3. The maximum Gasteiger partial charge on any atom is 0.0133 e. The largest absolute Gasteiger partial charge is 0.310 e. The van der Waals surface area contributed by atoms with Gasteiger partial charge in [0.15, 0.2) is 0 Å². The predicted octanol–water partition coefficient (Wildman–Crippen LogP) is 2.56. The van der Waals surface area contributed by atoms with Crippen molar-refractivity contribution in [3.63, 3.8) is 0 Å². The lowest BCUT2D eigenvalue weighted by Crippen LogP contribution is -2.45. The molecule has 4 unspecified atom stereocenters. The van der Waals surface area contributed by atoms with E-state index < -0.39 is 0 Å². The van der Waals surface area contributed by atoms with Crippen LogP contribution in [-0.2, 0) is 0 Å². The second-order valence-electron chi connectivity index (χ2n) is 5.30. The van der Waals surface area contributed by atoms with Gasteiger partial charge in [0.1, 0.15) is 0 Å². The minimum absolute atomic E-state index is 0.903. The number of fused-ring (bicyclic) bond motifs is 1. The van der Waals surface area contributed by atoms with E-state index in [1.165, 1.54) is 38.5 Å². The summed E-state index contributed by atoms with van der Waals surface area (Å²) in [7, 11) is 0. The van der Waals surface area contributed by atoms with Gasteiger partial charge in [0.05, 0.1) is 0 Å². The van der Waals surface area contributed by atoms with E-state index in [-0.39, 0.29) is 0 Å². The SMILES string of the molecule is CCC1CCC1NC1C2CCCC21. The van der Waals surface area contributed by atoms with Gasteiger partial charge in [-0.2, -0.15) is 0 Å². The van der Waals surface area contributed by atoms with Crippen molar-refractivity contribution in [3.05, 3.63) is 0 Å². The van der Waals surface area contributed by atoms with E-state index in [9.17, 15) is 0 Å². The van der Waals surface area contributed by atoms with Crippen molar-refractivity contribution in [1.82, 2.24) is 5.32 Å². The molecule has 0 radical (unpaired) electrons. The van der Waals surface area contributed by atoms with Crippen LogP contribution in [0, 0.1) is 17.8 Å². The Labute approximate surface area is 81.3 Å². The van der Waals surface area contributed by atoms with Gasteiger partial charge in [0.2, 0.25) is 0 Å².